The summed E-state index contributed by atoms with van der Waals surface area (Å²) in [6.45, 7) is 3.16. The van der Waals surface area contributed by atoms with Gasteiger partial charge in [-0.15, -0.1) is 0 Å². The Morgan fingerprint density at radius 3 is 2.83 bits per heavy atom. The van der Waals surface area contributed by atoms with Gasteiger partial charge in [0, 0.05) is 35.8 Å². The largest absolute Gasteiger partial charge is 0.464 e. The zero-order valence-corrected chi connectivity index (χ0v) is 16.9. The summed E-state index contributed by atoms with van der Waals surface area (Å²) in [5.74, 6) is 0. The lowest BCUT2D eigenvalue weighted by molar-refractivity contribution is 0.537. The van der Waals surface area contributed by atoms with Gasteiger partial charge in [-0.1, -0.05) is 12.1 Å². The van der Waals surface area contributed by atoms with Crippen LogP contribution < -0.4 is 10.0 Å². The number of pyridine rings is 1. The van der Waals surface area contributed by atoms with Crippen molar-refractivity contribution in [3.05, 3.63) is 72.8 Å². The molecule has 2 heterocycles. The first-order valence-electron chi connectivity index (χ1n) is 9.54. The highest BCUT2D eigenvalue weighted by Gasteiger charge is 2.17. The summed E-state index contributed by atoms with van der Waals surface area (Å²) in [6.07, 6.45) is 5.92. The first kappa shape index (κ1) is 19.6. The quantitative estimate of drug-likeness (QED) is 0.435. The average Bonchev–Trinajstić information content (AvgIpc) is 3.18. The lowest BCUT2D eigenvalue weighted by Crippen LogP contribution is -2.40. The molecule has 2 aromatic carbocycles. The zero-order valence-electron chi connectivity index (χ0n) is 16.1. The molecule has 4 rings (SSSR count). The van der Waals surface area contributed by atoms with Crippen LogP contribution in [-0.2, 0) is 16.4 Å². The maximum absolute atomic E-state index is 12.7. The average molecular weight is 410 g/mol. The number of rotatable bonds is 8. The van der Waals surface area contributed by atoms with Crippen LogP contribution in [0.4, 0.5) is 0 Å². The molecule has 0 spiro atoms. The molecule has 0 aliphatic carbocycles. The minimum Gasteiger partial charge on any atom is -0.464 e. The fourth-order valence-corrected chi connectivity index (χ4v) is 4.60. The molecule has 4 aromatic rings. The minimum atomic E-state index is -3.58. The van der Waals surface area contributed by atoms with Gasteiger partial charge in [-0.3, -0.25) is 4.98 Å². The number of fused-ring (bicyclic) bond motifs is 2. The summed E-state index contributed by atoms with van der Waals surface area (Å²) >= 11 is 0. The van der Waals surface area contributed by atoms with Crippen molar-refractivity contribution in [1.29, 1.82) is 0 Å². The molecule has 0 saturated heterocycles. The van der Waals surface area contributed by atoms with E-state index in [2.05, 4.69) is 27.2 Å². The molecule has 2 N–H and O–H groups in total. The van der Waals surface area contributed by atoms with Crippen LogP contribution >= 0.6 is 0 Å². The zero-order chi connectivity index (χ0) is 20.3. The molecule has 0 fully saturated rings. The number of sulfonamides is 1. The van der Waals surface area contributed by atoms with Gasteiger partial charge < -0.3 is 9.73 Å². The molecule has 7 heteroatoms. The van der Waals surface area contributed by atoms with Gasteiger partial charge in [0.2, 0.25) is 10.0 Å². The highest BCUT2D eigenvalue weighted by molar-refractivity contribution is 7.89. The van der Waals surface area contributed by atoms with Crippen molar-refractivity contribution in [3.63, 3.8) is 0 Å². The van der Waals surface area contributed by atoms with E-state index < -0.39 is 10.0 Å². The van der Waals surface area contributed by atoms with E-state index >= 15 is 0 Å². The number of benzene rings is 2. The van der Waals surface area contributed by atoms with Crippen molar-refractivity contribution < 1.29 is 12.8 Å². The van der Waals surface area contributed by atoms with E-state index in [0.717, 1.165) is 34.7 Å². The predicted octanol–water partition coefficient (Wildman–Crippen LogP) is 3.48. The molecule has 0 aliphatic heterocycles. The van der Waals surface area contributed by atoms with Crippen LogP contribution in [0, 0.1) is 0 Å². The van der Waals surface area contributed by atoms with Crippen molar-refractivity contribution in [3.8, 4) is 0 Å². The molecule has 6 nitrogen and oxygen atoms in total. The van der Waals surface area contributed by atoms with Crippen LogP contribution in [0.3, 0.4) is 0 Å². The Hall–Kier alpha value is -2.74. The van der Waals surface area contributed by atoms with Crippen LogP contribution in [0.1, 0.15) is 12.5 Å². The van der Waals surface area contributed by atoms with Gasteiger partial charge >= 0.3 is 0 Å². The summed E-state index contributed by atoms with van der Waals surface area (Å²) in [5.41, 5.74) is 2.10. The molecular formula is C22H23N3O3S. The summed E-state index contributed by atoms with van der Waals surface area (Å²) < 4.78 is 33.4. The van der Waals surface area contributed by atoms with Gasteiger partial charge in [0.25, 0.3) is 0 Å². The van der Waals surface area contributed by atoms with Crippen LogP contribution in [0.15, 0.2) is 76.5 Å². The SMILES string of the molecule is C[C@H](CNCCc1ccc2occc2c1)NS(=O)(=O)c1ccc2cnccc2c1. The van der Waals surface area contributed by atoms with Crippen molar-refractivity contribution in [2.75, 3.05) is 13.1 Å². The molecule has 0 saturated carbocycles. The fraction of sp³-hybridized carbons (Fsp3) is 0.227. The number of hydrogen-bond donors (Lipinski definition) is 2. The predicted molar refractivity (Wildman–Crippen MR) is 114 cm³/mol. The number of nitrogens with zero attached hydrogens (tertiary/aromatic N) is 1. The van der Waals surface area contributed by atoms with E-state index in [4.69, 9.17) is 4.42 Å². The number of hydrogen-bond acceptors (Lipinski definition) is 5. The third-order valence-electron chi connectivity index (χ3n) is 4.84. The highest BCUT2D eigenvalue weighted by atomic mass is 32.2. The Morgan fingerprint density at radius 1 is 1.03 bits per heavy atom. The van der Waals surface area contributed by atoms with Gasteiger partial charge in [0.1, 0.15) is 5.58 Å². The second-order valence-electron chi connectivity index (χ2n) is 7.15. The maximum atomic E-state index is 12.7. The summed E-state index contributed by atoms with van der Waals surface area (Å²) in [6, 6.07) is 14.7. The molecule has 29 heavy (non-hydrogen) atoms. The van der Waals surface area contributed by atoms with Crippen LogP contribution in [0.2, 0.25) is 0 Å². The lowest BCUT2D eigenvalue weighted by atomic mass is 10.1. The standard InChI is InChI=1S/C22H23N3O3S/c1-16(14-23-9-6-17-2-5-22-19(12-17)8-11-28-22)25-29(26,27)21-4-3-20-15-24-10-7-18(20)13-21/h2-5,7-8,10-13,15-16,23,25H,6,9,14H2,1H3/t16-/m1/s1. The summed E-state index contributed by atoms with van der Waals surface area (Å²) in [5, 5.41) is 6.18. The first-order valence-corrected chi connectivity index (χ1v) is 11.0. The smallest absolute Gasteiger partial charge is 0.240 e. The molecule has 0 amide bonds. The van der Waals surface area contributed by atoms with Crippen molar-refractivity contribution >= 4 is 31.8 Å². The van der Waals surface area contributed by atoms with Gasteiger partial charge in [0.05, 0.1) is 11.2 Å². The molecule has 0 unspecified atom stereocenters. The molecule has 1 atom stereocenters. The first-order chi connectivity index (χ1) is 14.0. The highest BCUT2D eigenvalue weighted by Crippen LogP contribution is 2.19. The van der Waals surface area contributed by atoms with Gasteiger partial charge in [-0.25, -0.2) is 13.1 Å². The van der Waals surface area contributed by atoms with E-state index in [0.29, 0.717) is 6.54 Å². The van der Waals surface area contributed by atoms with E-state index in [1.165, 1.54) is 5.56 Å². The Bertz CT molecular complexity index is 1230. The van der Waals surface area contributed by atoms with Gasteiger partial charge in [-0.05, 0) is 67.2 Å². The third kappa shape index (κ3) is 4.64. The van der Waals surface area contributed by atoms with E-state index in [1.54, 1.807) is 42.9 Å². The Balaban J connectivity index is 1.30. The minimum absolute atomic E-state index is 0.232. The monoisotopic (exact) mass is 409 g/mol. The fourth-order valence-electron chi connectivity index (χ4n) is 3.33. The second-order valence-corrected chi connectivity index (χ2v) is 8.87. The van der Waals surface area contributed by atoms with Gasteiger partial charge in [0.15, 0.2) is 0 Å². The Morgan fingerprint density at radius 2 is 1.93 bits per heavy atom. The molecule has 150 valence electrons. The number of furan rings is 1. The van der Waals surface area contributed by atoms with E-state index in [-0.39, 0.29) is 10.9 Å². The van der Waals surface area contributed by atoms with Crippen LogP contribution in [0.25, 0.3) is 21.7 Å². The van der Waals surface area contributed by atoms with Crippen LogP contribution in [-0.4, -0.2) is 32.5 Å². The lowest BCUT2D eigenvalue weighted by Gasteiger charge is -2.15. The van der Waals surface area contributed by atoms with Gasteiger partial charge in [-0.2, -0.15) is 0 Å². The van der Waals surface area contributed by atoms with Crippen molar-refractivity contribution in [1.82, 2.24) is 15.0 Å². The molecular weight excluding hydrogens is 386 g/mol. The third-order valence-corrected chi connectivity index (χ3v) is 6.42. The Labute approximate surface area is 170 Å². The van der Waals surface area contributed by atoms with Crippen molar-refractivity contribution in [2.24, 2.45) is 0 Å². The maximum Gasteiger partial charge on any atom is 0.240 e. The topological polar surface area (TPSA) is 84.2 Å². The molecule has 0 bridgehead atoms. The second kappa shape index (κ2) is 8.32. The Kier molecular flexibility index (Phi) is 5.62. The summed E-state index contributed by atoms with van der Waals surface area (Å²) in [4.78, 5) is 4.31. The molecule has 2 aromatic heterocycles. The van der Waals surface area contributed by atoms with Crippen molar-refractivity contribution in [2.45, 2.75) is 24.3 Å². The summed E-state index contributed by atoms with van der Waals surface area (Å²) in [7, 11) is -3.58. The number of aromatic nitrogens is 1. The van der Waals surface area contributed by atoms with Crippen LogP contribution in [0.5, 0.6) is 0 Å². The molecule has 0 aliphatic rings. The molecule has 0 radical (unpaired) electrons. The van der Waals surface area contributed by atoms with E-state index in [1.807, 2.05) is 19.1 Å². The number of nitrogens with one attached hydrogen (secondary N) is 2. The normalized spacial score (nSPS) is 13.1. The van der Waals surface area contributed by atoms with E-state index in [9.17, 15) is 8.42 Å².